The second kappa shape index (κ2) is 9.06. The molecule has 3 aromatic rings. The summed E-state index contributed by atoms with van der Waals surface area (Å²) in [6, 6.07) is 10.7. The van der Waals surface area contributed by atoms with Crippen molar-refractivity contribution in [2.24, 2.45) is 0 Å². The number of esters is 1. The summed E-state index contributed by atoms with van der Waals surface area (Å²) >= 11 is 5.98. The summed E-state index contributed by atoms with van der Waals surface area (Å²) in [4.78, 5) is 31.3. The van der Waals surface area contributed by atoms with Crippen molar-refractivity contribution in [3.63, 3.8) is 0 Å². The van der Waals surface area contributed by atoms with Gasteiger partial charge >= 0.3 is 5.97 Å². The number of nitrogens with zero attached hydrogens (tertiary/aromatic N) is 2. The van der Waals surface area contributed by atoms with E-state index in [0.29, 0.717) is 29.0 Å². The number of rotatable bonds is 4. The van der Waals surface area contributed by atoms with E-state index in [2.05, 4.69) is 14.7 Å². The molecule has 26 heavy (non-hydrogen) atoms. The molecule has 0 saturated heterocycles. The highest BCUT2D eigenvalue weighted by Crippen LogP contribution is 2.20. The normalized spacial score (nSPS) is 10.0. The average molecular weight is 371 g/mol. The number of aromatic nitrogens is 2. The highest BCUT2D eigenvalue weighted by Gasteiger charge is 2.11. The Morgan fingerprint density at radius 2 is 1.96 bits per heavy atom. The Morgan fingerprint density at radius 1 is 1.19 bits per heavy atom. The van der Waals surface area contributed by atoms with Crippen LogP contribution < -0.4 is 0 Å². The molecular weight excluding hydrogens is 352 g/mol. The molecule has 134 valence electrons. The molecule has 0 saturated carbocycles. The lowest BCUT2D eigenvalue weighted by Crippen LogP contribution is -2.08. The van der Waals surface area contributed by atoms with Gasteiger partial charge in [0.1, 0.15) is 12.0 Å². The third kappa shape index (κ3) is 4.64. The van der Waals surface area contributed by atoms with Crippen molar-refractivity contribution >= 4 is 34.8 Å². The van der Waals surface area contributed by atoms with Gasteiger partial charge in [-0.15, -0.1) is 0 Å². The molecular formula is C20H19ClN2O3. The summed E-state index contributed by atoms with van der Waals surface area (Å²) in [6.45, 7) is 4.00. The zero-order valence-corrected chi connectivity index (χ0v) is 15.6. The highest BCUT2D eigenvalue weighted by molar-refractivity contribution is 6.31. The summed E-state index contributed by atoms with van der Waals surface area (Å²) in [7, 11) is 1.28. The van der Waals surface area contributed by atoms with Crippen LogP contribution in [0.3, 0.4) is 0 Å². The fourth-order valence-corrected chi connectivity index (χ4v) is 2.62. The van der Waals surface area contributed by atoms with E-state index in [1.54, 1.807) is 12.3 Å². The van der Waals surface area contributed by atoms with E-state index in [1.165, 1.54) is 13.2 Å². The number of benzene rings is 1. The van der Waals surface area contributed by atoms with E-state index in [-0.39, 0.29) is 5.69 Å². The minimum absolute atomic E-state index is 0.114. The maximum Gasteiger partial charge on any atom is 0.356 e. The number of fused-ring (bicyclic) bond motifs is 1. The van der Waals surface area contributed by atoms with Crippen LogP contribution in [0.15, 0.2) is 42.6 Å². The number of carbonyl (C=O) groups excluding carboxylic acids is 2. The monoisotopic (exact) mass is 370 g/mol. The van der Waals surface area contributed by atoms with Crippen LogP contribution in [0.2, 0.25) is 5.02 Å². The van der Waals surface area contributed by atoms with Gasteiger partial charge in [-0.25, -0.2) is 9.78 Å². The minimum atomic E-state index is -0.575. The largest absolute Gasteiger partial charge is 0.464 e. The number of halogens is 1. The Labute approximate surface area is 157 Å². The standard InChI is InChI=1S/C18H13ClN2O3.C2H6/c1-24-18(23)17-7-12(10-22)6-15(21-17)5-11-2-3-16-13(4-11)8-14(19)9-20-16;1-2/h2-4,6-10H,5H2,1H3;1-2H3. The van der Waals surface area contributed by atoms with Gasteiger partial charge in [-0.3, -0.25) is 9.78 Å². The summed E-state index contributed by atoms with van der Waals surface area (Å²) in [5.41, 5.74) is 2.91. The van der Waals surface area contributed by atoms with Crippen LogP contribution in [-0.2, 0) is 11.2 Å². The molecule has 0 aliphatic carbocycles. The first-order valence-electron chi connectivity index (χ1n) is 8.17. The van der Waals surface area contributed by atoms with Crippen molar-refractivity contribution in [2.45, 2.75) is 20.3 Å². The van der Waals surface area contributed by atoms with Crippen LogP contribution in [0.4, 0.5) is 0 Å². The lowest BCUT2D eigenvalue weighted by molar-refractivity contribution is 0.0593. The minimum Gasteiger partial charge on any atom is -0.464 e. The molecule has 0 bridgehead atoms. The predicted octanol–water partition coefficient (Wildman–Crippen LogP) is 4.50. The Morgan fingerprint density at radius 3 is 2.65 bits per heavy atom. The molecule has 6 heteroatoms. The Hall–Kier alpha value is -2.79. The van der Waals surface area contributed by atoms with Crippen molar-refractivity contribution in [3.8, 4) is 0 Å². The van der Waals surface area contributed by atoms with Crippen LogP contribution in [0.25, 0.3) is 10.9 Å². The van der Waals surface area contributed by atoms with Crippen LogP contribution >= 0.6 is 11.6 Å². The fraction of sp³-hybridized carbons (Fsp3) is 0.200. The number of hydrogen-bond donors (Lipinski definition) is 0. The maximum atomic E-state index is 11.7. The van der Waals surface area contributed by atoms with Gasteiger partial charge in [-0.2, -0.15) is 0 Å². The van der Waals surface area contributed by atoms with E-state index in [1.807, 2.05) is 38.1 Å². The third-order valence-electron chi connectivity index (χ3n) is 3.53. The molecule has 2 heterocycles. The molecule has 0 aliphatic heterocycles. The molecule has 0 N–H and O–H groups in total. The molecule has 1 aromatic carbocycles. The second-order valence-electron chi connectivity index (χ2n) is 5.24. The SMILES string of the molecule is CC.COC(=O)c1cc(C=O)cc(Cc2ccc3ncc(Cl)cc3c2)n1. The molecule has 2 aromatic heterocycles. The lowest BCUT2D eigenvalue weighted by Gasteiger charge is -2.07. The number of methoxy groups -OCH3 is 1. The van der Waals surface area contributed by atoms with Crippen molar-refractivity contribution in [1.82, 2.24) is 9.97 Å². The van der Waals surface area contributed by atoms with Crippen LogP contribution in [0.1, 0.15) is 46.0 Å². The molecule has 0 unspecified atom stereocenters. The lowest BCUT2D eigenvalue weighted by atomic mass is 10.0. The maximum absolute atomic E-state index is 11.7. The van der Waals surface area contributed by atoms with E-state index in [0.717, 1.165) is 16.5 Å². The van der Waals surface area contributed by atoms with Crippen LogP contribution in [0, 0.1) is 0 Å². The van der Waals surface area contributed by atoms with Gasteiger partial charge in [0.15, 0.2) is 0 Å². The number of ether oxygens (including phenoxy) is 1. The number of carbonyl (C=O) groups is 2. The van der Waals surface area contributed by atoms with E-state index in [9.17, 15) is 9.59 Å². The van der Waals surface area contributed by atoms with Crippen LogP contribution in [0.5, 0.6) is 0 Å². The van der Waals surface area contributed by atoms with E-state index >= 15 is 0 Å². The number of hydrogen-bond acceptors (Lipinski definition) is 5. The first-order valence-corrected chi connectivity index (χ1v) is 8.55. The smallest absolute Gasteiger partial charge is 0.356 e. The summed E-state index contributed by atoms with van der Waals surface area (Å²) in [5.74, 6) is -0.575. The molecule has 0 radical (unpaired) electrons. The Kier molecular flexibility index (Phi) is 6.81. The van der Waals surface area contributed by atoms with Gasteiger partial charge in [0.05, 0.1) is 17.6 Å². The fourth-order valence-electron chi connectivity index (χ4n) is 2.45. The Balaban J connectivity index is 0.00000117. The zero-order valence-electron chi connectivity index (χ0n) is 14.8. The van der Waals surface area contributed by atoms with Crippen molar-refractivity contribution in [1.29, 1.82) is 0 Å². The highest BCUT2D eigenvalue weighted by atomic mass is 35.5. The Bertz CT molecular complexity index is 941. The van der Waals surface area contributed by atoms with Gasteiger partial charge in [0.2, 0.25) is 0 Å². The number of pyridine rings is 2. The van der Waals surface area contributed by atoms with E-state index < -0.39 is 5.97 Å². The average Bonchev–Trinajstić information content (AvgIpc) is 2.68. The molecule has 0 aliphatic rings. The molecule has 0 spiro atoms. The van der Waals surface area contributed by atoms with E-state index in [4.69, 9.17) is 11.6 Å². The first-order chi connectivity index (χ1) is 12.6. The van der Waals surface area contributed by atoms with Gasteiger partial charge in [0.25, 0.3) is 0 Å². The van der Waals surface area contributed by atoms with Crippen molar-refractivity contribution < 1.29 is 14.3 Å². The molecule has 0 atom stereocenters. The summed E-state index contributed by atoms with van der Waals surface area (Å²) in [6.07, 6.45) is 2.75. The van der Waals surface area contributed by atoms with Gasteiger partial charge < -0.3 is 4.74 Å². The van der Waals surface area contributed by atoms with Crippen molar-refractivity contribution in [3.05, 3.63) is 70.1 Å². The van der Waals surface area contributed by atoms with Gasteiger partial charge in [-0.1, -0.05) is 31.5 Å². The second-order valence-corrected chi connectivity index (χ2v) is 5.68. The summed E-state index contributed by atoms with van der Waals surface area (Å²) in [5, 5.41) is 1.48. The predicted molar refractivity (Wildman–Crippen MR) is 102 cm³/mol. The molecule has 0 amide bonds. The third-order valence-corrected chi connectivity index (χ3v) is 3.74. The zero-order chi connectivity index (χ0) is 19.1. The van der Waals surface area contributed by atoms with Gasteiger partial charge in [-0.05, 0) is 35.9 Å². The first kappa shape index (κ1) is 19.5. The van der Waals surface area contributed by atoms with Gasteiger partial charge in [0, 0.05) is 29.3 Å². The topological polar surface area (TPSA) is 69.2 Å². The molecule has 3 rings (SSSR count). The van der Waals surface area contributed by atoms with Crippen molar-refractivity contribution in [2.75, 3.05) is 7.11 Å². The molecule has 0 fully saturated rings. The van der Waals surface area contributed by atoms with Crippen LogP contribution in [-0.4, -0.2) is 29.3 Å². The summed E-state index contributed by atoms with van der Waals surface area (Å²) < 4.78 is 4.67. The molecule has 5 nitrogen and oxygen atoms in total. The number of aldehydes is 1. The quantitative estimate of drug-likeness (QED) is 0.499.